The molecule has 0 radical (unpaired) electrons. The summed E-state index contributed by atoms with van der Waals surface area (Å²) in [6.45, 7) is 1.91. The van der Waals surface area contributed by atoms with Crippen molar-refractivity contribution in [1.29, 1.82) is 4.78 Å². The number of fused-ring (bicyclic) bond motifs is 1. The zero-order valence-electron chi connectivity index (χ0n) is 14.6. The lowest BCUT2D eigenvalue weighted by Gasteiger charge is -2.34. The quantitative estimate of drug-likeness (QED) is 0.843. The van der Waals surface area contributed by atoms with Crippen LogP contribution in [0.3, 0.4) is 0 Å². The summed E-state index contributed by atoms with van der Waals surface area (Å²) in [6, 6.07) is 5.84. The molecule has 0 saturated carbocycles. The largest absolute Gasteiger partial charge is 0.495 e. The van der Waals surface area contributed by atoms with Crippen molar-refractivity contribution in [3.05, 3.63) is 29.4 Å². The Balaban J connectivity index is 1.76. The molecule has 1 unspecified atom stereocenters. The van der Waals surface area contributed by atoms with Crippen molar-refractivity contribution in [2.24, 2.45) is 5.92 Å². The van der Waals surface area contributed by atoms with Gasteiger partial charge < -0.3 is 9.64 Å². The van der Waals surface area contributed by atoms with Gasteiger partial charge in [0.15, 0.2) is 0 Å². The highest BCUT2D eigenvalue weighted by atomic mass is 35.5. The topological polar surface area (TPSA) is 66.3 Å². The number of halogens is 1. The SMILES string of the molecule is COc1cc2nccc(N3CCC(CCS(C)(=N)=O)CC3)c2cc1Cl. The Kier molecular flexibility index (Phi) is 5.39. The van der Waals surface area contributed by atoms with E-state index in [1.54, 1.807) is 7.11 Å². The number of hydrogen-bond acceptors (Lipinski definition) is 5. The van der Waals surface area contributed by atoms with Crippen LogP contribution in [0.5, 0.6) is 5.75 Å². The van der Waals surface area contributed by atoms with Gasteiger partial charge in [-0.15, -0.1) is 0 Å². The first kappa shape index (κ1) is 18.3. The number of piperidine rings is 1. The first-order valence-electron chi connectivity index (χ1n) is 8.46. The number of pyridine rings is 1. The fraction of sp³-hybridized carbons (Fsp3) is 0.500. The predicted molar refractivity (Wildman–Crippen MR) is 105 cm³/mol. The van der Waals surface area contributed by atoms with Gasteiger partial charge in [-0.2, -0.15) is 0 Å². The zero-order chi connectivity index (χ0) is 18.0. The van der Waals surface area contributed by atoms with Crippen molar-refractivity contribution >= 4 is 37.9 Å². The number of benzene rings is 1. The average Bonchev–Trinajstić information content (AvgIpc) is 2.59. The molecule has 0 aliphatic carbocycles. The lowest BCUT2D eigenvalue weighted by atomic mass is 9.94. The number of anilines is 1. The van der Waals surface area contributed by atoms with Crippen LogP contribution in [0.2, 0.25) is 5.02 Å². The van der Waals surface area contributed by atoms with Crippen LogP contribution >= 0.6 is 11.6 Å². The van der Waals surface area contributed by atoms with Gasteiger partial charge in [0.25, 0.3) is 0 Å². The van der Waals surface area contributed by atoms with E-state index in [-0.39, 0.29) is 0 Å². The Morgan fingerprint density at radius 1 is 1.40 bits per heavy atom. The molecule has 2 aromatic rings. The average molecular weight is 382 g/mol. The van der Waals surface area contributed by atoms with Crippen LogP contribution < -0.4 is 9.64 Å². The molecule has 7 heteroatoms. The summed E-state index contributed by atoms with van der Waals surface area (Å²) in [4.78, 5) is 6.81. The van der Waals surface area contributed by atoms with Gasteiger partial charge in [-0.25, -0.2) is 0 Å². The zero-order valence-corrected chi connectivity index (χ0v) is 16.2. The number of ether oxygens (including phenoxy) is 1. The molecule has 1 saturated heterocycles. The third kappa shape index (κ3) is 4.36. The molecule has 1 aromatic heterocycles. The van der Waals surface area contributed by atoms with Gasteiger partial charge in [0.1, 0.15) is 5.75 Å². The standard InChI is InChI=1S/C18H24ClN3O2S/c1-24-18-12-16-14(11-15(18)19)17(3-7-21-16)22-8-4-13(5-9-22)6-10-25(2,20)23/h3,7,11-13,20H,4-6,8-10H2,1-2H3. The molecule has 5 nitrogen and oxygen atoms in total. The minimum atomic E-state index is -2.38. The monoisotopic (exact) mass is 381 g/mol. The van der Waals surface area contributed by atoms with E-state index in [4.69, 9.17) is 21.1 Å². The fourth-order valence-electron chi connectivity index (χ4n) is 3.42. The van der Waals surface area contributed by atoms with E-state index in [1.807, 2.05) is 24.4 Å². The third-order valence-corrected chi connectivity index (χ3v) is 6.17. The van der Waals surface area contributed by atoms with Crippen molar-refractivity contribution in [1.82, 2.24) is 4.98 Å². The molecule has 1 aliphatic rings. The Hall–Kier alpha value is -1.53. The first-order chi connectivity index (χ1) is 11.9. The number of rotatable bonds is 5. The van der Waals surface area contributed by atoms with Crippen LogP contribution in [-0.4, -0.2) is 41.4 Å². The maximum atomic E-state index is 11.6. The molecule has 1 atom stereocenters. The van der Waals surface area contributed by atoms with Gasteiger partial charge in [-0.05, 0) is 37.3 Å². The van der Waals surface area contributed by atoms with Crippen molar-refractivity contribution in [3.63, 3.8) is 0 Å². The van der Waals surface area contributed by atoms with Crippen LogP contribution in [-0.2, 0) is 9.73 Å². The molecule has 0 amide bonds. The molecule has 2 heterocycles. The molecular formula is C18H24ClN3O2S. The van der Waals surface area contributed by atoms with Gasteiger partial charge in [-0.3, -0.25) is 14.0 Å². The van der Waals surface area contributed by atoms with Gasteiger partial charge in [0.05, 0.1) is 17.6 Å². The van der Waals surface area contributed by atoms with E-state index in [2.05, 4.69) is 9.88 Å². The number of hydrogen-bond donors (Lipinski definition) is 1. The van der Waals surface area contributed by atoms with Crippen LogP contribution in [0, 0.1) is 10.7 Å². The summed E-state index contributed by atoms with van der Waals surface area (Å²) in [7, 11) is -0.773. The van der Waals surface area contributed by atoms with Crippen LogP contribution in [0.1, 0.15) is 19.3 Å². The Morgan fingerprint density at radius 2 is 2.12 bits per heavy atom. The van der Waals surface area contributed by atoms with Crippen LogP contribution in [0.25, 0.3) is 10.9 Å². The van der Waals surface area contributed by atoms with Gasteiger partial charge in [-0.1, -0.05) is 11.6 Å². The molecule has 1 fully saturated rings. The fourth-order valence-corrected chi connectivity index (χ4v) is 4.44. The Bertz CT molecular complexity index is 862. The molecule has 136 valence electrons. The Morgan fingerprint density at radius 3 is 2.76 bits per heavy atom. The van der Waals surface area contributed by atoms with E-state index in [9.17, 15) is 4.21 Å². The summed E-state index contributed by atoms with van der Waals surface area (Å²) in [6.07, 6.45) is 6.35. The summed E-state index contributed by atoms with van der Waals surface area (Å²) < 4.78 is 24.4. The highest BCUT2D eigenvalue weighted by Gasteiger charge is 2.21. The minimum absolute atomic E-state index is 0.505. The highest BCUT2D eigenvalue weighted by molar-refractivity contribution is 7.91. The van der Waals surface area contributed by atoms with E-state index in [0.717, 1.165) is 48.9 Å². The maximum Gasteiger partial charge on any atom is 0.139 e. The van der Waals surface area contributed by atoms with Crippen molar-refractivity contribution in [2.45, 2.75) is 19.3 Å². The summed E-state index contributed by atoms with van der Waals surface area (Å²) in [5.41, 5.74) is 2.02. The van der Waals surface area contributed by atoms with E-state index in [1.165, 1.54) is 6.26 Å². The molecule has 0 spiro atoms. The normalized spacial score (nSPS) is 18.3. The number of nitrogens with zero attached hydrogens (tertiary/aromatic N) is 2. The van der Waals surface area contributed by atoms with Gasteiger partial charge >= 0.3 is 0 Å². The summed E-state index contributed by atoms with van der Waals surface area (Å²) >= 11 is 6.31. The van der Waals surface area contributed by atoms with Crippen LogP contribution in [0.15, 0.2) is 24.4 Å². The predicted octanol–water partition coefficient (Wildman–Crippen LogP) is 4.18. The Labute approximate surface area is 154 Å². The van der Waals surface area contributed by atoms with Crippen LogP contribution in [0.4, 0.5) is 5.69 Å². The molecule has 25 heavy (non-hydrogen) atoms. The summed E-state index contributed by atoms with van der Waals surface area (Å²) in [5.74, 6) is 1.70. The van der Waals surface area contributed by atoms with Gasteiger partial charge in [0, 0.05) is 58.2 Å². The van der Waals surface area contributed by atoms with E-state index < -0.39 is 9.73 Å². The maximum absolute atomic E-state index is 11.6. The molecule has 0 bridgehead atoms. The van der Waals surface area contributed by atoms with Gasteiger partial charge in [0.2, 0.25) is 0 Å². The second kappa shape index (κ2) is 7.38. The van der Waals surface area contributed by atoms with Crippen molar-refractivity contribution in [2.75, 3.05) is 37.1 Å². The lowest BCUT2D eigenvalue weighted by Crippen LogP contribution is -2.34. The van der Waals surface area contributed by atoms with Crippen molar-refractivity contribution in [3.8, 4) is 5.75 Å². The first-order valence-corrected chi connectivity index (χ1v) is 11.0. The smallest absolute Gasteiger partial charge is 0.139 e. The molecule has 3 rings (SSSR count). The lowest BCUT2D eigenvalue weighted by molar-refractivity contribution is 0.396. The highest BCUT2D eigenvalue weighted by Crippen LogP contribution is 2.35. The molecule has 1 aliphatic heterocycles. The summed E-state index contributed by atoms with van der Waals surface area (Å²) in [5, 5.41) is 1.63. The van der Waals surface area contributed by atoms with E-state index in [0.29, 0.717) is 22.4 Å². The molecular weight excluding hydrogens is 358 g/mol. The molecule has 1 aromatic carbocycles. The van der Waals surface area contributed by atoms with E-state index >= 15 is 0 Å². The number of methoxy groups -OCH3 is 1. The van der Waals surface area contributed by atoms with Crippen molar-refractivity contribution < 1.29 is 8.95 Å². The second-order valence-corrected chi connectivity index (χ2v) is 9.59. The third-order valence-electron chi connectivity index (χ3n) is 4.86. The second-order valence-electron chi connectivity index (χ2n) is 6.76. The minimum Gasteiger partial charge on any atom is -0.495 e. The number of nitrogens with one attached hydrogen (secondary N) is 1. The molecule has 1 N–H and O–H groups in total. The number of aromatic nitrogens is 1.